The van der Waals surface area contributed by atoms with Gasteiger partial charge in [0.25, 0.3) is 0 Å². The van der Waals surface area contributed by atoms with Gasteiger partial charge in [-0.15, -0.1) is 0 Å². The predicted octanol–water partition coefficient (Wildman–Crippen LogP) is 0.981. The third kappa shape index (κ3) is 8.87. The number of amides is 2. The second-order valence-corrected chi connectivity index (χ2v) is 2.56. The van der Waals surface area contributed by atoms with Crippen molar-refractivity contribution in [2.24, 2.45) is 10.9 Å². The number of primary amides is 1. The Morgan fingerprint density at radius 2 is 1.92 bits per heavy atom. The zero-order valence-corrected chi connectivity index (χ0v) is 7.08. The molecule has 0 aliphatic rings. The summed E-state index contributed by atoms with van der Waals surface area (Å²) in [6.07, 6.45) is 3.71. The van der Waals surface area contributed by atoms with E-state index < -0.39 is 6.03 Å². The highest BCUT2D eigenvalue weighted by molar-refractivity contribution is 5.71. The summed E-state index contributed by atoms with van der Waals surface area (Å²) < 4.78 is 0. The van der Waals surface area contributed by atoms with Gasteiger partial charge in [0, 0.05) is 6.54 Å². The predicted molar refractivity (Wildman–Crippen MR) is 46.7 cm³/mol. The quantitative estimate of drug-likeness (QED) is 0.444. The molecular formula is C7H15N3O2. The molecule has 0 rings (SSSR count). The molecule has 5 nitrogen and oxygen atoms in total. The molecule has 0 aromatic rings. The van der Waals surface area contributed by atoms with E-state index in [4.69, 9.17) is 5.73 Å². The number of hydrogen-bond acceptors (Lipinski definition) is 3. The van der Waals surface area contributed by atoms with Crippen molar-refractivity contribution in [3.8, 4) is 0 Å². The summed E-state index contributed by atoms with van der Waals surface area (Å²) in [5.74, 6) is 0. The molecule has 70 valence electrons. The van der Waals surface area contributed by atoms with Crippen LogP contribution in [0.1, 0.15) is 25.7 Å². The van der Waals surface area contributed by atoms with Gasteiger partial charge in [-0.1, -0.05) is 18.0 Å². The molecule has 0 aliphatic heterocycles. The van der Waals surface area contributed by atoms with Crippen molar-refractivity contribution >= 4 is 6.03 Å². The average Bonchev–Trinajstić information content (AvgIpc) is 2.02. The minimum absolute atomic E-state index is 0.392. The maximum absolute atomic E-state index is 10.2. The molecule has 0 heterocycles. The minimum atomic E-state index is -0.482. The number of carbonyl (C=O) groups excluding carboxylic acids is 1. The van der Waals surface area contributed by atoms with Gasteiger partial charge in [-0.25, -0.2) is 4.79 Å². The minimum Gasteiger partial charge on any atom is -0.352 e. The van der Waals surface area contributed by atoms with Crippen LogP contribution in [0.15, 0.2) is 5.18 Å². The fourth-order valence-electron chi connectivity index (χ4n) is 0.866. The van der Waals surface area contributed by atoms with E-state index in [1.807, 2.05) is 0 Å². The van der Waals surface area contributed by atoms with E-state index in [0.717, 1.165) is 25.7 Å². The fraction of sp³-hybridized carbons (Fsp3) is 0.857. The summed E-state index contributed by atoms with van der Waals surface area (Å²) in [5.41, 5.74) is 4.85. The number of nitrogens with two attached hydrogens (primary N) is 1. The largest absolute Gasteiger partial charge is 0.352 e. The molecule has 3 N–H and O–H groups in total. The number of nitrogens with zero attached hydrogens (tertiary/aromatic N) is 1. The Bertz CT molecular complexity index is 139. The lowest BCUT2D eigenvalue weighted by molar-refractivity contribution is 0.248. The van der Waals surface area contributed by atoms with E-state index >= 15 is 0 Å². The average molecular weight is 173 g/mol. The van der Waals surface area contributed by atoms with Crippen LogP contribution >= 0.6 is 0 Å². The smallest absolute Gasteiger partial charge is 0.312 e. The van der Waals surface area contributed by atoms with Gasteiger partial charge in [-0.3, -0.25) is 0 Å². The van der Waals surface area contributed by atoms with E-state index in [1.54, 1.807) is 0 Å². The highest BCUT2D eigenvalue weighted by Gasteiger charge is 1.91. The van der Waals surface area contributed by atoms with Crippen molar-refractivity contribution in [1.82, 2.24) is 5.32 Å². The van der Waals surface area contributed by atoms with Crippen LogP contribution in [-0.2, 0) is 0 Å². The van der Waals surface area contributed by atoms with Gasteiger partial charge < -0.3 is 11.1 Å². The summed E-state index contributed by atoms with van der Waals surface area (Å²) in [6, 6.07) is -0.482. The first-order valence-corrected chi connectivity index (χ1v) is 4.10. The Kier molecular flexibility index (Phi) is 7.22. The van der Waals surface area contributed by atoms with Crippen molar-refractivity contribution in [3.05, 3.63) is 4.91 Å². The molecule has 0 aromatic carbocycles. The second kappa shape index (κ2) is 7.97. The molecule has 12 heavy (non-hydrogen) atoms. The molecule has 5 heteroatoms. The molecule has 0 spiro atoms. The monoisotopic (exact) mass is 173 g/mol. The van der Waals surface area contributed by atoms with E-state index in [0.29, 0.717) is 13.1 Å². The summed E-state index contributed by atoms with van der Waals surface area (Å²) in [5, 5.41) is 5.23. The van der Waals surface area contributed by atoms with Crippen LogP contribution in [0.3, 0.4) is 0 Å². The topological polar surface area (TPSA) is 84.6 Å². The van der Waals surface area contributed by atoms with E-state index in [2.05, 4.69) is 10.5 Å². The normalized spacial score (nSPS) is 9.33. The molecule has 0 atom stereocenters. The SMILES string of the molecule is NC(=O)NCCCCCCN=O. The van der Waals surface area contributed by atoms with E-state index in [1.165, 1.54) is 0 Å². The molecule has 0 saturated heterocycles. The van der Waals surface area contributed by atoms with Crippen LogP contribution in [0.2, 0.25) is 0 Å². The first-order chi connectivity index (χ1) is 5.77. The Morgan fingerprint density at radius 3 is 2.50 bits per heavy atom. The lowest BCUT2D eigenvalue weighted by Crippen LogP contribution is -2.29. The van der Waals surface area contributed by atoms with Gasteiger partial charge in [0.1, 0.15) is 0 Å². The summed E-state index contributed by atoms with van der Waals surface area (Å²) in [4.78, 5) is 19.8. The number of rotatable bonds is 7. The molecule has 2 amide bonds. The first kappa shape index (κ1) is 10.9. The third-order valence-corrected chi connectivity index (χ3v) is 1.48. The van der Waals surface area contributed by atoms with Gasteiger partial charge in [-0.2, -0.15) is 4.91 Å². The zero-order chi connectivity index (χ0) is 9.23. The molecule has 0 saturated carbocycles. The van der Waals surface area contributed by atoms with Gasteiger partial charge in [0.05, 0.1) is 6.54 Å². The molecule has 0 radical (unpaired) electrons. The third-order valence-electron chi connectivity index (χ3n) is 1.48. The van der Waals surface area contributed by atoms with Crippen LogP contribution < -0.4 is 11.1 Å². The van der Waals surface area contributed by atoms with Crippen LogP contribution in [0, 0.1) is 4.91 Å². The second-order valence-electron chi connectivity index (χ2n) is 2.56. The van der Waals surface area contributed by atoms with Crippen molar-refractivity contribution in [1.29, 1.82) is 0 Å². The van der Waals surface area contributed by atoms with Gasteiger partial charge in [0.15, 0.2) is 0 Å². The summed E-state index contributed by atoms with van der Waals surface area (Å²) >= 11 is 0. The Hall–Kier alpha value is -1.13. The maximum Gasteiger partial charge on any atom is 0.312 e. The van der Waals surface area contributed by atoms with Crippen molar-refractivity contribution in [2.75, 3.05) is 13.1 Å². The lowest BCUT2D eigenvalue weighted by Gasteiger charge is -1.99. The van der Waals surface area contributed by atoms with Crippen LogP contribution in [-0.4, -0.2) is 19.1 Å². The molecule has 0 fully saturated rings. The van der Waals surface area contributed by atoms with Crippen LogP contribution in [0.25, 0.3) is 0 Å². The first-order valence-electron chi connectivity index (χ1n) is 4.10. The molecule has 0 aromatic heterocycles. The number of unbranched alkanes of at least 4 members (excludes halogenated alkanes) is 3. The number of carbonyl (C=O) groups is 1. The summed E-state index contributed by atoms with van der Waals surface area (Å²) in [6.45, 7) is 1.01. The lowest BCUT2D eigenvalue weighted by atomic mass is 10.2. The molecule has 0 bridgehead atoms. The van der Waals surface area contributed by atoms with Crippen molar-refractivity contribution < 1.29 is 4.79 Å². The van der Waals surface area contributed by atoms with Crippen LogP contribution in [0.5, 0.6) is 0 Å². The number of hydrogen-bond donors (Lipinski definition) is 2. The van der Waals surface area contributed by atoms with Gasteiger partial charge >= 0.3 is 6.03 Å². The van der Waals surface area contributed by atoms with E-state index in [9.17, 15) is 9.70 Å². The molecule has 0 unspecified atom stereocenters. The number of nitrogens with one attached hydrogen (secondary N) is 1. The summed E-state index contributed by atoms with van der Waals surface area (Å²) in [7, 11) is 0. The Labute approximate surface area is 71.7 Å². The van der Waals surface area contributed by atoms with E-state index in [-0.39, 0.29) is 0 Å². The fourth-order valence-corrected chi connectivity index (χ4v) is 0.866. The van der Waals surface area contributed by atoms with Crippen molar-refractivity contribution in [2.45, 2.75) is 25.7 Å². The number of nitroso groups, excluding NO2 is 1. The Balaban J connectivity index is 2.90. The zero-order valence-electron chi connectivity index (χ0n) is 7.08. The number of urea groups is 1. The molecule has 0 aliphatic carbocycles. The van der Waals surface area contributed by atoms with Crippen molar-refractivity contribution in [3.63, 3.8) is 0 Å². The standard InChI is InChI=1S/C7H15N3O2/c8-7(11)9-5-3-1-2-4-6-10-12/h1-6H2,(H3,8,9,11). The Morgan fingerprint density at radius 1 is 1.25 bits per heavy atom. The van der Waals surface area contributed by atoms with Crippen LogP contribution in [0.4, 0.5) is 4.79 Å². The van der Waals surface area contributed by atoms with Gasteiger partial charge in [-0.05, 0) is 12.8 Å². The van der Waals surface area contributed by atoms with Gasteiger partial charge in [0.2, 0.25) is 0 Å². The molecular weight excluding hydrogens is 158 g/mol. The highest BCUT2D eigenvalue weighted by atomic mass is 16.3. The highest BCUT2D eigenvalue weighted by Crippen LogP contribution is 1.98. The maximum atomic E-state index is 10.2.